The fourth-order valence-corrected chi connectivity index (χ4v) is 3.11. The van der Waals surface area contributed by atoms with Crippen LogP contribution in [0.25, 0.3) is 10.9 Å². The molecule has 0 saturated heterocycles. The van der Waals surface area contributed by atoms with Crippen LogP contribution in [0, 0.1) is 0 Å². The SMILES string of the molecule is OC(CCCc1cccs1)c1cnc2ccccc2c1. The van der Waals surface area contributed by atoms with E-state index in [1.54, 1.807) is 17.5 Å². The summed E-state index contributed by atoms with van der Waals surface area (Å²) in [6.45, 7) is 0. The van der Waals surface area contributed by atoms with E-state index in [4.69, 9.17) is 0 Å². The Morgan fingerprint density at radius 1 is 1.15 bits per heavy atom. The maximum Gasteiger partial charge on any atom is 0.0805 e. The van der Waals surface area contributed by atoms with Crippen molar-refractivity contribution >= 4 is 22.2 Å². The first-order chi connectivity index (χ1) is 9.83. The van der Waals surface area contributed by atoms with Crippen LogP contribution in [0.4, 0.5) is 0 Å². The lowest BCUT2D eigenvalue weighted by molar-refractivity contribution is 0.164. The van der Waals surface area contributed by atoms with Crippen LogP contribution in [0.3, 0.4) is 0 Å². The van der Waals surface area contributed by atoms with Crippen molar-refractivity contribution in [1.82, 2.24) is 4.98 Å². The van der Waals surface area contributed by atoms with E-state index >= 15 is 0 Å². The van der Waals surface area contributed by atoms with Gasteiger partial charge in [0.15, 0.2) is 0 Å². The smallest absolute Gasteiger partial charge is 0.0805 e. The highest BCUT2D eigenvalue weighted by molar-refractivity contribution is 7.09. The van der Waals surface area contributed by atoms with E-state index in [2.05, 4.69) is 22.5 Å². The second kappa shape index (κ2) is 6.16. The Bertz CT molecular complexity index is 678. The predicted octanol–water partition coefficient (Wildman–Crippen LogP) is 4.35. The molecule has 2 heterocycles. The monoisotopic (exact) mass is 283 g/mol. The van der Waals surface area contributed by atoms with Gasteiger partial charge in [-0.25, -0.2) is 0 Å². The van der Waals surface area contributed by atoms with Gasteiger partial charge in [0.25, 0.3) is 0 Å². The Labute approximate surface area is 122 Å². The molecule has 0 fully saturated rings. The Hall–Kier alpha value is -1.71. The van der Waals surface area contributed by atoms with Crippen molar-refractivity contribution in [3.63, 3.8) is 0 Å². The number of para-hydroxylation sites is 1. The predicted molar refractivity (Wildman–Crippen MR) is 84.0 cm³/mol. The first-order valence-corrected chi connectivity index (χ1v) is 7.76. The second-order valence-corrected chi connectivity index (χ2v) is 5.98. The second-order valence-electron chi connectivity index (χ2n) is 4.95. The molecule has 0 amide bonds. The summed E-state index contributed by atoms with van der Waals surface area (Å²) in [5.74, 6) is 0. The lowest BCUT2D eigenvalue weighted by Gasteiger charge is -2.11. The van der Waals surface area contributed by atoms with Gasteiger partial charge in [-0.05, 0) is 48.4 Å². The molecule has 0 aliphatic carbocycles. The molecular weight excluding hydrogens is 266 g/mol. The van der Waals surface area contributed by atoms with Crippen LogP contribution in [-0.4, -0.2) is 10.1 Å². The fraction of sp³-hybridized carbons (Fsp3) is 0.235. The summed E-state index contributed by atoms with van der Waals surface area (Å²) in [6.07, 6.45) is 4.17. The van der Waals surface area contributed by atoms with Gasteiger partial charge in [-0.3, -0.25) is 4.98 Å². The number of nitrogens with zero attached hydrogens (tertiary/aromatic N) is 1. The summed E-state index contributed by atoms with van der Waals surface area (Å²) in [4.78, 5) is 5.79. The molecule has 1 aromatic carbocycles. The Kier molecular flexibility index (Phi) is 4.09. The highest BCUT2D eigenvalue weighted by Crippen LogP contribution is 2.23. The maximum atomic E-state index is 10.3. The zero-order valence-corrected chi connectivity index (χ0v) is 12.0. The molecule has 0 bridgehead atoms. The number of hydrogen-bond donors (Lipinski definition) is 1. The Morgan fingerprint density at radius 2 is 2.05 bits per heavy atom. The van der Waals surface area contributed by atoms with Crippen molar-refractivity contribution in [2.75, 3.05) is 0 Å². The summed E-state index contributed by atoms with van der Waals surface area (Å²) in [7, 11) is 0. The normalized spacial score (nSPS) is 12.7. The molecule has 0 aliphatic rings. The summed E-state index contributed by atoms with van der Waals surface area (Å²) < 4.78 is 0. The minimum atomic E-state index is -0.424. The Balaban J connectivity index is 1.64. The van der Waals surface area contributed by atoms with Crippen molar-refractivity contribution in [1.29, 1.82) is 0 Å². The number of aryl methyl sites for hydroxylation is 1. The molecule has 102 valence electrons. The average Bonchev–Trinajstić information content (AvgIpc) is 3.00. The van der Waals surface area contributed by atoms with E-state index in [0.29, 0.717) is 0 Å². The number of thiophene rings is 1. The molecule has 0 saturated carbocycles. The number of hydrogen-bond acceptors (Lipinski definition) is 3. The van der Waals surface area contributed by atoms with Crippen molar-refractivity contribution in [3.8, 4) is 0 Å². The molecule has 3 rings (SSSR count). The van der Waals surface area contributed by atoms with Crippen LogP contribution in [0.5, 0.6) is 0 Å². The molecule has 0 spiro atoms. The number of aliphatic hydroxyl groups is 1. The van der Waals surface area contributed by atoms with Gasteiger partial charge in [0.05, 0.1) is 11.6 Å². The zero-order valence-electron chi connectivity index (χ0n) is 11.2. The van der Waals surface area contributed by atoms with E-state index in [-0.39, 0.29) is 0 Å². The van der Waals surface area contributed by atoms with Crippen molar-refractivity contribution in [3.05, 3.63) is 64.5 Å². The molecule has 1 unspecified atom stereocenters. The highest BCUT2D eigenvalue weighted by atomic mass is 32.1. The molecule has 20 heavy (non-hydrogen) atoms. The molecular formula is C17H17NOS. The summed E-state index contributed by atoms with van der Waals surface area (Å²) in [5.41, 5.74) is 1.89. The van der Waals surface area contributed by atoms with E-state index in [9.17, 15) is 5.11 Å². The number of aromatic nitrogens is 1. The zero-order chi connectivity index (χ0) is 13.8. The number of pyridine rings is 1. The third-order valence-electron chi connectivity index (χ3n) is 3.48. The molecule has 3 aromatic rings. The lowest BCUT2D eigenvalue weighted by Crippen LogP contribution is -1.99. The summed E-state index contributed by atoms with van der Waals surface area (Å²) >= 11 is 1.78. The number of fused-ring (bicyclic) bond motifs is 1. The molecule has 0 aliphatic heterocycles. The average molecular weight is 283 g/mol. The van der Waals surface area contributed by atoms with Crippen molar-refractivity contribution in [2.24, 2.45) is 0 Å². The minimum absolute atomic E-state index is 0.424. The van der Waals surface area contributed by atoms with Gasteiger partial charge in [0, 0.05) is 16.5 Å². The van der Waals surface area contributed by atoms with Gasteiger partial charge in [-0.2, -0.15) is 0 Å². The van der Waals surface area contributed by atoms with Gasteiger partial charge in [-0.15, -0.1) is 11.3 Å². The number of rotatable bonds is 5. The van der Waals surface area contributed by atoms with Gasteiger partial charge in [0.2, 0.25) is 0 Å². The maximum absolute atomic E-state index is 10.3. The van der Waals surface area contributed by atoms with Gasteiger partial charge < -0.3 is 5.11 Å². The minimum Gasteiger partial charge on any atom is -0.388 e. The van der Waals surface area contributed by atoms with Crippen LogP contribution in [0.2, 0.25) is 0 Å². The van der Waals surface area contributed by atoms with E-state index in [1.165, 1.54) is 4.88 Å². The van der Waals surface area contributed by atoms with Gasteiger partial charge >= 0.3 is 0 Å². The topological polar surface area (TPSA) is 33.1 Å². The molecule has 2 nitrogen and oxygen atoms in total. The molecule has 0 radical (unpaired) electrons. The summed E-state index contributed by atoms with van der Waals surface area (Å²) in [6, 6.07) is 14.3. The third-order valence-corrected chi connectivity index (χ3v) is 4.41. The standard InChI is InChI=1S/C17H17NOS/c19-17(9-3-6-15-7-4-10-20-15)14-11-13-5-1-2-8-16(13)18-12-14/h1-2,4-5,7-8,10-12,17,19H,3,6,9H2. The van der Waals surface area contributed by atoms with Crippen molar-refractivity contribution < 1.29 is 5.11 Å². The fourth-order valence-electron chi connectivity index (χ4n) is 2.36. The third kappa shape index (κ3) is 3.06. The number of benzene rings is 1. The van der Waals surface area contributed by atoms with E-state index in [0.717, 1.165) is 35.7 Å². The van der Waals surface area contributed by atoms with Crippen LogP contribution >= 0.6 is 11.3 Å². The van der Waals surface area contributed by atoms with Crippen LogP contribution in [0.1, 0.15) is 29.4 Å². The van der Waals surface area contributed by atoms with E-state index in [1.807, 2.05) is 30.3 Å². The van der Waals surface area contributed by atoms with Crippen LogP contribution < -0.4 is 0 Å². The van der Waals surface area contributed by atoms with Crippen molar-refractivity contribution in [2.45, 2.75) is 25.4 Å². The lowest BCUT2D eigenvalue weighted by atomic mass is 10.0. The van der Waals surface area contributed by atoms with Crippen LogP contribution in [0.15, 0.2) is 54.0 Å². The molecule has 2 aromatic heterocycles. The molecule has 1 atom stereocenters. The van der Waals surface area contributed by atoms with Gasteiger partial charge in [0.1, 0.15) is 0 Å². The Morgan fingerprint density at radius 3 is 2.90 bits per heavy atom. The largest absolute Gasteiger partial charge is 0.388 e. The summed E-state index contributed by atoms with van der Waals surface area (Å²) in [5, 5.41) is 13.5. The van der Waals surface area contributed by atoms with Crippen LogP contribution in [-0.2, 0) is 6.42 Å². The first-order valence-electron chi connectivity index (χ1n) is 6.88. The molecule has 1 N–H and O–H groups in total. The van der Waals surface area contributed by atoms with E-state index < -0.39 is 6.10 Å². The molecule has 3 heteroatoms. The highest BCUT2D eigenvalue weighted by Gasteiger charge is 2.09. The van der Waals surface area contributed by atoms with Gasteiger partial charge in [-0.1, -0.05) is 24.3 Å². The number of aliphatic hydroxyl groups excluding tert-OH is 1. The first kappa shape index (κ1) is 13.3. The quantitative estimate of drug-likeness (QED) is 0.755.